The molecule has 0 atom stereocenters. The average molecular weight is 137 g/mol. The molecule has 0 aliphatic carbocycles. The van der Waals surface area contributed by atoms with E-state index in [9.17, 15) is 0 Å². The van der Waals surface area contributed by atoms with E-state index in [1.165, 1.54) is 5.56 Å². The molecule has 1 aromatic carbocycles. The van der Waals surface area contributed by atoms with Crippen LogP contribution in [0.4, 0.5) is 0 Å². The molecule has 0 amide bonds. The lowest BCUT2D eigenvalue weighted by molar-refractivity contribution is 0.288. The molecule has 1 heteroatoms. The highest BCUT2D eigenvalue weighted by Crippen LogP contribution is 2.00. The van der Waals surface area contributed by atoms with E-state index in [4.69, 9.17) is 1.43 Å². The van der Waals surface area contributed by atoms with Crippen LogP contribution in [0.25, 0.3) is 0 Å². The maximum atomic E-state index is 6.47. The van der Waals surface area contributed by atoms with Crippen LogP contribution in [0.5, 0.6) is 0 Å². The molecule has 0 aromatic heterocycles. The Bertz CT molecular complexity index is 186. The minimum atomic E-state index is 0.523. The first-order valence-electron chi connectivity index (χ1n) is 3.96. The van der Waals surface area contributed by atoms with Crippen molar-refractivity contribution in [3.8, 4) is 0 Å². The number of rotatable bonds is 4. The van der Waals surface area contributed by atoms with Gasteiger partial charge in [-0.1, -0.05) is 30.3 Å². The first-order valence-corrected chi connectivity index (χ1v) is 3.55. The lowest BCUT2D eigenvalue weighted by Crippen LogP contribution is -1.87. The van der Waals surface area contributed by atoms with Gasteiger partial charge in [-0.3, -0.25) is 0 Å². The predicted octanol–water partition coefficient (Wildman–Crippen LogP) is 1.61. The van der Waals surface area contributed by atoms with Crippen LogP contribution in [-0.4, -0.2) is 13.1 Å². The molecule has 10 heavy (non-hydrogen) atoms. The molecule has 0 unspecified atom stereocenters. The molecule has 0 heterocycles. The standard InChI is InChI=1S/C9H12O/c10-8-4-7-9-5-2-1-3-6-9/h1-3,5-6,10H,4,7-8H2/i10D. The Morgan fingerprint density at radius 1 is 1.30 bits per heavy atom. The van der Waals surface area contributed by atoms with E-state index in [0.717, 1.165) is 12.8 Å². The molecule has 1 N–H and O–H groups in total. The fourth-order valence-electron chi connectivity index (χ4n) is 0.921. The molecule has 0 aliphatic heterocycles. The van der Waals surface area contributed by atoms with Gasteiger partial charge in [0.25, 0.3) is 0 Å². The molecular weight excluding hydrogens is 124 g/mol. The third-order valence-electron chi connectivity index (χ3n) is 1.45. The first kappa shape index (κ1) is 5.93. The van der Waals surface area contributed by atoms with Crippen molar-refractivity contribution in [2.45, 2.75) is 12.8 Å². The lowest BCUT2D eigenvalue weighted by atomic mass is 10.1. The van der Waals surface area contributed by atoms with Gasteiger partial charge in [-0.15, -0.1) is 0 Å². The molecular formula is C9H12O. The second-order valence-electron chi connectivity index (χ2n) is 2.29. The van der Waals surface area contributed by atoms with E-state index in [0.29, 0.717) is 6.61 Å². The van der Waals surface area contributed by atoms with Crippen LogP contribution in [0.15, 0.2) is 30.3 Å². The Kier molecular flexibility index (Phi) is 2.41. The maximum absolute atomic E-state index is 6.47. The van der Waals surface area contributed by atoms with Crippen LogP contribution < -0.4 is 0 Å². The second-order valence-corrected chi connectivity index (χ2v) is 2.29. The average Bonchev–Trinajstić information content (AvgIpc) is 2.07. The van der Waals surface area contributed by atoms with Crippen LogP contribution >= 0.6 is 0 Å². The molecule has 0 saturated carbocycles. The number of aryl methyl sites for hydroxylation is 1. The van der Waals surface area contributed by atoms with Crippen LogP contribution in [-0.2, 0) is 6.42 Å². The van der Waals surface area contributed by atoms with E-state index >= 15 is 0 Å². The van der Waals surface area contributed by atoms with Crippen molar-refractivity contribution in [1.29, 1.82) is 1.43 Å². The van der Waals surface area contributed by atoms with E-state index < -0.39 is 0 Å². The largest absolute Gasteiger partial charge is 0.396 e. The number of aliphatic hydroxyl groups excluding tert-OH is 1. The zero-order chi connectivity index (χ0) is 7.94. The van der Waals surface area contributed by atoms with Gasteiger partial charge in [-0.25, -0.2) is 0 Å². The van der Waals surface area contributed by atoms with Crippen molar-refractivity contribution in [3.05, 3.63) is 35.9 Å². The summed E-state index contributed by atoms with van der Waals surface area (Å²) in [6, 6.07) is 10.2. The second kappa shape index (κ2) is 4.07. The van der Waals surface area contributed by atoms with Gasteiger partial charge >= 0.3 is 0 Å². The molecule has 0 spiro atoms. The molecule has 1 nitrogen and oxygen atoms in total. The maximum Gasteiger partial charge on any atom is 0.210 e. The van der Waals surface area contributed by atoms with Crippen LogP contribution in [0.3, 0.4) is 0 Å². The van der Waals surface area contributed by atoms with Gasteiger partial charge < -0.3 is 5.11 Å². The van der Waals surface area contributed by atoms with Gasteiger partial charge in [0, 0.05) is 6.61 Å². The number of hydrogen-bond donors (Lipinski definition) is 1. The summed E-state index contributed by atoms with van der Waals surface area (Å²) in [6.45, 7) is 0.523. The van der Waals surface area contributed by atoms with Gasteiger partial charge in [0.05, 0.1) is 0 Å². The monoisotopic (exact) mass is 137 g/mol. The summed E-state index contributed by atoms with van der Waals surface area (Å²) in [7, 11) is 0. The highest BCUT2D eigenvalue weighted by atomic mass is 16.2. The molecule has 0 radical (unpaired) electrons. The molecule has 1 rings (SSSR count). The van der Waals surface area contributed by atoms with Crippen LogP contribution in [0.2, 0.25) is 0 Å². The van der Waals surface area contributed by atoms with Gasteiger partial charge in [-0.05, 0) is 18.4 Å². The Labute approximate surface area is 62.8 Å². The summed E-state index contributed by atoms with van der Waals surface area (Å²) < 4.78 is 6.47. The van der Waals surface area contributed by atoms with E-state index in [2.05, 4.69) is 17.2 Å². The Hall–Kier alpha value is -0.820. The predicted molar refractivity (Wildman–Crippen MR) is 41.8 cm³/mol. The number of aliphatic hydroxyl groups is 1. The molecule has 54 valence electrons. The molecule has 0 fully saturated rings. The minimum absolute atomic E-state index is 0.523. The van der Waals surface area contributed by atoms with Crippen molar-refractivity contribution in [2.24, 2.45) is 0 Å². The van der Waals surface area contributed by atoms with Crippen molar-refractivity contribution in [1.82, 2.24) is 0 Å². The lowest BCUT2D eigenvalue weighted by Gasteiger charge is -1.96. The van der Waals surface area contributed by atoms with Crippen LogP contribution in [0, 0.1) is 0 Å². The quantitative estimate of drug-likeness (QED) is 0.625. The van der Waals surface area contributed by atoms with E-state index in [1.807, 2.05) is 18.2 Å². The summed E-state index contributed by atoms with van der Waals surface area (Å²) in [6.07, 6.45) is 1.92. The van der Waals surface area contributed by atoms with Gasteiger partial charge in [0.2, 0.25) is 1.43 Å². The fraction of sp³-hybridized carbons (Fsp3) is 0.333. The van der Waals surface area contributed by atoms with E-state index in [1.54, 1.807) is 0 Å². The molecule has 0 saturated heterocycles. The first-order chi connectivity index (χ1) is 5.43. The SMILES string of the molecule is [2H]OCCCc1ccccc1. The fourth-order valence-corrected chi connectivity index (χ4v) is 0.921. The summed E-state index contributed by atoms with van der Waals surface area (Å²) in [5.74, 6) is 0. The van der Waals surface area contributed by atoms with Gasteiger partial charge in [-0.2, -0.15) is 0 Å². The third kappa shape index (κ3) is 2.19. The smallest absolute Gasteiger partial charge is 0.210 e. The summed E-state index contributed by atoms with van der Waals surface area (Å²) >= 11 is 0. The van der Waals surface area contributed by atoms with Crippen molar-refractivity contribution < 1.29 is 5.11 Å². The third-order valence-corrected chi connectivity index (χ3v) is 1.45. The van der Waals surface area contributed by atoms with Crippen molar-refractivity contribution in [3.63, 3.8) is 0 Å². The van der Waals surface area contributed by atoms with Crippen molar-refractivity contribution >= 4 is 0 Å². The summed E-state index contributed by atoms with van der Waals surface area (Å²) in [4.78, 5) is 0. The zero-order valence-corrected chi connectivity index (χ0v) is 5.92. The number of hydrogen-bond acceptors (Lipinski definition) is 1. The van der Waals surface area contributed by atoms with Crippen molar-refractivity contribution in [2.75, 3.05) is 6.61 Å². The highest BCUT2D eigenvalue weighted by molar-refractivity contribution is 5.14. The molecule has 0 aliphatic rings. The zero-order valence-electron chi connectivity index (χ0n) is 6.92. The molecule has 1 aromatic rings. The molecule has 0 bridgehead atoms. The Morgan fingerprint density at radius 3 is 2.80 bits per heavy atom. The highest BCUT2D eigenvalue weighted by Gasteiger charge is 1.87. The van der Waals surface area contributed by atoms with Gasteiger partial charge in [0.15, 0.2) is 0 Å². The van der Waals surface area contributed by atoms with Crippen LogP contribution in [0.1, 0.15) is 12.0 Å². The summed E-state index contributed by atoms with van der Waals surface area (Å²) in [5.41, 5.74) is 1.31. The number of benzene rings is 1. The Balaban J connectivity index is 2.28. The topological polar surface area (TPSA) is 20.2 Å². The summed E-state index contributed by atoms with van der Waals surface area (Å²) in [5, 5.41) is 4.21. The van der Waals surface area contributed by atoms with E-state index in [-0.39, 0.29) is 0 Å². The minimum Gasteiger partial charge on any atom is -0.396 e. The normalized spacial score (nSPS) is 11.0. The van der Waals surface area contributed by atoms with Gasteiger partial charge in [0.1, 0.15) is 0 Å². The Morgan fingerprint density at radius 2 is 2.10 bits per heavy atom.